The normalized spacial score (nSPS) is 28.9. The maximum absolute atomic E-state index is 11.3. The molecule has 0 unspecified atom stereocenters. The molecular formula is C11H21N3O. The van der Waals surface area contributed by atoms with Crippen LogP contribution in [0.1, 0.15) is 13.8 Å². The van der Waals surface area contributed by atoms with Crippen molar-refractivity contribution in [3.05, 3.63) is 0 Å². The van der Waals surface area contributed by atoms with Gasteiger partial charge in [0.05, 0.1) is 0 Å². The third kappa shape index (κ3) is 2.32. The predicted molar refractivity (Wildman–Crippen MR) is 59.7 cm³/mol. The smallest absolute Gasteiger partial charge is 0.219 e. The molecule has 2 fully saturated rings. The second kappa shape index (κ2) is 4.49. The molecular weight excluding hydrogens is 190 g/mol. The summed E-state index contributed by atoms with van der Waals surface area (Å²) in [6.07, 6.45) is 0. The molecule has 0 aromatic carbocycles. The van der Waals surface area contributed by atoms with Crippen molar-refractivity contribution in [1.82, 2.24) is 14.7 Å². The summed E-state index contributed by atoms with van der Waals surface area (Å²) in [7, 11) is 0. The monoisotopic (exact) mass is 211 g/mol. The van der Waals surface area contributed by atoms with Crippen LogP contribution in [-0.4, -0.2) is 72.5 Å². The molecule has 2 heterocycles. The van der Waals surface area contributed by atoms with Crippen molar-refractivity contribution in [3.63, 3.8) is 0 Å². The van der Waals surface area contributed by atoms with Crippen LogP contribution in [0, 0.1) is 0 Å². The summed E-state index contributed by atoms with van der Waals surface area (Å²) in [5.74, 6) is 0.225. The lowest BCUT2D eigenvalue weighted by molar-refractivity contribution is -0.132. The van der Waals surface area contributed by atoms with Crippen LogP contribution in [0.25, 0.3) is 0 Å². The fourth-order valence-corrected chi connectivity index (χ4v) is 2.59. The Balaban J connectivity index is 1.94. The Morgan fingerprint density at radius 2 is 1.93 bits per heavy atom. The van der Waals surface area contributed by atoms with Crippen molar-refractivity contribution in [3.8, 4) is 0 Å². The molecule has 2 aliphatic heterocycles. The number of amides is 1. The van der Waals surface area contributed by atoms with E-state index < -0.39 is 0 Å². The fraction of sp³-hybridized carbons (Fsp3) is 0.909. The summed E-state index contributed by atoms with van der Waals surface area (Å²) in [6.45, 7) is 11.4. The number of hydrogen-bond donors (Lipinski definition) is 0. The van der Waals surface area contributed by atoms with Gasteiger partial charge in [0.25, 0.3) is 0 Å². The van der Waals surface area contributed by atoms with Crippen LogP contribution in [0.15, 0.2) is 0 Å². The van der Waals surface area contributed by atoms with Gasteiger partial charge in [-0.1, -0.05) is 6.92 Å². The third-order valence-corrected chi connectivity index (χ3v) is 3.67. The molecule has 0 radical (unpaired) electrons. The van der Waals surface area contributed by atoms with E-state index in [1.165, 1.54) is 13.1 Å². The molecule has 86 valence electrons. The fourth-order valence-electron chi connectivity index (χ4n) is 2.59. The Kier molecular flexibility index (Phi) is 3.26. The molecule has 1 amide bonds. The van der Waals surface area contributed by atoms with Crippen molar-refractivity contribution in [2.24, 2.45) is 0 Å². The largest absolute Gasteiger partial charge is 0.340 e. The molecule has 2 aliphatic rings. The van der Waals surface area contributed by atoms with Crippen LogP contribution < -0.4 is 0 Å². The van der Waals surface area contributed by atoms with Crippen molar-refractivity contribution in [1.29, 1.82) is 0 Å². The van der Waals surface area contributed by atoms with Gasteiger partial charge in [0, 0.05) is 52.2 Å². The molecule has 0 spiro atoms. The molecule has 0 N–H and O–H groups in total. The molecule has 2 rings (SSSR count). The first-order chi connectivity index (χ1) is 7.20. The first-order valence-corrected chi connectivity index (χ1v) is 5.92. The molecule has 0 aliphatic carbocycles. The number of rotatable bonds is 1. The van der Waals surface area contributed by atoms with Gasteiger partial charge in [-0.05, 0) is 6.54 Å². The number of piperazine rings is 2. The minimum Gasteiger partial charge on any atom is -0.340 e. The Hall–Kier alpha value is -0.610. The predicted octanol–water partition coefficient (Wildman–Crippen LogP) is -0.145. The maximum atomic E-state index is 11.3. The number of hydrogen-bond acceptors (Lipinski definition) is 3. The first-order valence-electron chi connectivity index (χ1n) is 5.92. The zero-order valence-corrected chi connectivity index (χ0v) is 9.78. The lowest BCUT2D eigenvalue weighted by Crippen LogP contribution is -2.62. The highest BCUT2D eigenvalue weighted by Gasteiger charge is 2.32. The first kappa shape index (κ1) is 10.9. The number of carbonyl (C=O) groups excluding carboxylic acids is 1. The standard InChI is InChI=1S/C11H21N3O/c1-3-12-4-5-13-6-7-14(10(2)15)9-11(13)8-12/h11H,3-9H2,1-2H3/t11-/m0/s1. The maximum Gasteiger partial charge on any atom is 0.219 e. The summed E-state index contributed by atoms with van der Waals surface area (Å²) < 4.78 is 0. The second-order valence-electron chi connectivity index (χ2n) is 4.55. The molecule has 0 saturated carbocycles. The van der Waals surface area contributed by atoms with Gasteiger partial charge >= 0.3 is 0 Å². The zero-order chi connectivity index (χ0) is 10.8. The van der Waals surface area contributed by atoms with E-state index in [1.807, 2.05) is 4.90 Å². The van der Waals surface area contributed by atoms with Crippen molar-refractivity contribution < 1.29 is 4.79 Å². The summed E-state index contributed by atoms with van der Waals surface area (Å²) in [5, 5.41) is 0. The van der Waals surface area contributed by atoms with Crippen LogP contribution in [0.2, 0.25) is 0 Å². The average Bonchev–Trinajstić information content (AvgIpc) is 2.27. The Labute approximate surface area is 91.8 Å². The number of likely N-dealkylation sites (N-methyl/N-ethyl adjacent to an activating group) is 1. The molecule has 2 saturated heterocycles. The Bertz CT molecular complexity index is 244. The van der Waals surface area contributed by atoms with E-state index in [0.717, 1.165) is 32.7 Å². The Morgan fingerprint density at radius 1 is 1.20 bits per heavy atom. The van der Waals surface area contributed by atoms with Gasteiger partial charge < -0.3 is 9.80 Å². The van der Waals surface area contributed by atoms with E-state index in [0.29, 0.717) is 6.04 Å². The summed E-state index contributed by atoms with van der Waals surface area (Å²) in [4.78, 5) is 18.3. The second-order valence-corrected chi connectivity index (χ2v) is 4.55. The highest BCUT2D eigenvalue weighted by Crippen LogP contribution is 2.15. The van der Waals surface area contributed by atoms with E-state index in [1.54, 1.807) is 6.92 Å². The zero-order valence-electron chi connectivity index (χ0n) is 9.78. The number of carbonyl (C=O) groups is 1. The van der Waals surface area contributed by atoms with E-state index in [-0.39, 0.29) is 5.91 Å². The van der Waals surface area contributed by atoms with Gasteiger partial charge in [-0.2, -0.15) is 0 Å². The average molecular weight is 211 g/mol. The molecule has 1 atom stereocenters. The van der Waals surface area contributed by atoms with Crippen LogP contribution in [-0.2, 0) is 4.79 Å². The Morgan fingerprint density at radius 3 is 2.60 bits per heavy atom. The van der Waals surface area contributed by atoms with Crippen molar-refractivity contribution in [2.45, 2.75) is 19.9 Å². The minimum atomic E-state index is 0.225. The lowest BCUT2D eigenvalue weighted by Gasteiger charge is -2.47. The van der Waals surface area contributed by atoms with Gasteiger partial charge in [0.15, 0.2) is 0 Å². The van der Waals surface area contributed by atoms with Gasteiger partial charge in [-0.25, -0.2) is 0 Å². The molecule has 4 heteroatoms. The molecule has 15 heavy (non-hydrogen) atoms. The van der Waals surface area contributed by atoms with E-state index in [9.17, 15) is 4.79 Å². The summed E-state index contributed by atoms with van der Waals surface area (Å²) in [5.41, 5.74) is 0. The van der Waals surface area contributed by atoms with E-state index in [4.69, 9.17) is 0 Å². The summed E-state index contributed by atoms with van der Waals surface area (Å²) in [6, 6.07) is 0.566. The molecule has 4 nitrogen and oxygen atoms in total. The van der Waals surface area contributed by atoms with Crippen molar-refractivity contribution >= 4 is 5.91 Å². The van der Waals surface area contributed by atoms with Gasteiger partial charge in [-0.3, -0.25) is 9.69 Å². The van der Waals surface area contributed by atoms with Crippen LogP contribution in [0.4, 0.5) is 0 Å². The van der Waals surface area contributed by atoms with Crippen molar-refractivity contribution in [2.75, 3.05) is 45.8 Å². The number of fused-ring (bicyclic) bond motifs is 1. The third-order valence-electron chi connectivity index (χ3n) is 3.67. The quantitative estimate of drug-likeness (QED) is 0.604. The lowest BCUT2D eigenvalue weighted by atomic mass is 10.1. The number of nitrogens with zero attached hydrogens (tertiary/aromatic N) is 3. The molecule has 0 aromatic rings. The van der Waals surface area contributed by atoms with Gasteiger partial charge in [0.2, 0.25) is 5.91 Å². The van der Waals surface area contributed by atoms with Gasteiger partial charge in [0.1, 0.15) is 0 Å². The highest BCUT2D eigenvalue weighted by molar-refractivity contribution is 5.73. The van der Waals surface area contributed by atoms with Crippen LogP contribution in [0.3, 0.4) is 0 Å². The topological polar surface area (TPSA) is 26.8 Å². The summed E-state index contributed by atoms with van der Waals surface area (Å²) >= 11 is 0. The minimum absolute atomic E-state index is 0.225. The highest BCUT2D eigenvalue weighted by atomic mass is 16.2. The van der Waals surface area contributed by atoms with Gasteiger partial charge in [-0.15, -0.1) is 0 Å². The molecule has 0 aromatic heterocycles. The van der Waals surface area contributed by atoms with Crippen LogP contribution in [0.5, 0.6) is 0 Å². The van der Waals surface area contributed by atoms with E-state index in [2.05, 4.69) is 16.7 Å². The van der Waals surface area contributed by atoms with E-state index >= 15 is 0 Å². The van der Waals surface area contributed by atoms with Crippen LogP contribution >= 0.6 is 0 Å². The molecule has 0 bridgehead atoms. The SMILES string of the molecule is CCN1CCN2CCN(C(C)=O)C[C@@H]2C1.